The number of carbonyl (C=O) groups excluding carboxylic acids is 1. The minimum absolute atomic E-state index is 0.0151. The van der Waals surface area contributed by atoms with Gasteiger partial charge in [0.05, 0.1) is 16.9 Å². The van der Waals surface area contributed by atoms with Crippen LogP contribution in [0.5, 0.6) is 0 Å². The highest BCUT2D eigenvalue weighted by atomic mass is 19.4. The Morgan fingerprint density at radius 1 is 1.00 bits per heavy atom. The number of unbranched alkanes of at least 4 members (excludes halogenated alkanes) is 5. The van der Waals surface area contributed by atoms with E-state index in [2.05, 4.69) is 42.4 Å². The molecular formula is C33H36F3N9O. The summed E-state index contributed by atoms with van der Waals surface area (Å²) in [6.07, 6.45) is 4.73. The summed E-state index contributed by atoms with van der Waals surface area (Å²) < 4.78 is 40.4. The Morgan fingerprint density at radius 2 is 1.76 bits per heavy atom. The molecule has 0 aliphatic rings. The van der Waals surface area contributed by atoms with E-state index in [1.165, 1.54) is 26.2 Å². The van der Waals surface area contributed by atoms with Crippen molar-refractivity contribution in [2.75, 3.05) is 16.8 Å². The van der Waals surface area contributed by atoms with Crippen LogP contribution in [0, 0.1) is 25.2 Å². The van der Waals surface area contributed by atoms with Gasteiger partial charge in [-0.2, -0.15) is 28.2 Å². The van der Waals surface area contributed by atoms with Crippen LogP contribution in [0.3, 0.4) is 0 Å². The predicted octanol–water partition coefficient (Wildman–Crippen LogP) is 9.04. The average molecular weight is 632 g/mol. The zero-order valence-electron chi connectivity index (χ0n) is 26.3. The van der Waals surface area contributed by atoms with Crippen LogP contribution in [-0.2, 0) is 11.0 Å². The number of amides is 1. The van der Waals surface area contributed by atoms with Gasteiger partial charge in [0.1, 0.15) is 23.1 Å². The highest BCUT2D eigenvalue weighted by Gasteiger charge is 2.31. The molecule has 1 aromatic carbocycles. The van der Waals surface area contributed by atoms with Crippen LogP contribution < -0.4 is 10.2 Å². The first-order valence-corrected chi connectivity index (χ1v) is 15.1. The van der Waals surface area contributed by atoms with Crippen LogP contribution in [0.15, 0.2) is 65.1 Å². The van der Waals surface area contributed by atoms with Gasteiger partial charge in [0.2, 0.25) is 5.91 Å². The second-order valence-corrected chi connectivity index (χ2v) is 10.9. The maximum atomic E-state index is 13.1. The number of nitriles is 1. The number of hydrogen-bond donors (Lipinski definition) is 1. The molecule has 0 spiro atoms. The summed E-state index contributed by atoms with van der Waals surface area (Å²) in [5.74, 6) is 0.458. The van der Waals surface area contributed by atoms with Gasteiger partial charge in [0.15, 0.2) is 11.6 Å². The highest BCUT2D eigenvalue weighted by molar-refractivity contribution is 5.93. The smallest absolute Gasteiger partial charge is 0.326 e. The number of rotatable bonds is 13. The number of pyridine rings is 2. The third-order valence-corrected chi connectivity index (χ3v) is 7.20. The number of alkyl halides is 3. The number of anilines is 3. The molecular weight excluding hydrogens is 595 g/mol. The first kappa shape index (κ1) is 33.8. The second-order valence-electron chi connectivity index (χ2n) is 10.9. The minimum Gasteiger partial charge on any atom is -0.326 e. The van der Waals surface area contributed by atoms with E-state index < -0.39 is 11.7 Å². The lowest BCUT2D eigenvalue weighted by Gasteiger charge is -2.25. The standard InChI is InChI=1S/C33H36F3N9O/c1-5-6-7-8-9-10-17-44(30-15-11-22(2)20-38-30)26-13-14-28(29(18-26)40-24(4)46)41-42-32-27(19-37)23(3)43-45(32)31-16-12-25(21-39-31)33(34,35)36/h11-16,18,20-21H,5-10,17H2,1-4H3,(H,40,46). The van der Waals surface area contributed by atoms with Crippen LogP contribution in [0.2, 0.25) is 0 Å². The molecule has 0 saturated heterocycles. The first-order chi connectivity index (χ1) is 22.0. The van der Waals surface area contributed by atoms with E-state index in [1.54, 1.807) is 19.1 Å². The van der Waals surface area contributed by atoms with Crippen molar-refractivity contribution in [1.29, 1.82) is 5.26 Å². The molecule has 0 aliphatic carbocycles. The molecule has 1 amide bonds. The van der Waals surface area contributed by atoms with Gasteiger partial charge in [0, 0.05) is 31.5 Å². The van der Waals surface area contributed by atoms with Gasteiger partial charge in [-0.3, -0.25) is 4.79 Å². The normalized spacial score (nSPS) is 11.5. The Labute approximate surface area is 266 Å². The number of azo groups is 1. The van der Waals surface area contributed by atoms with Gasteiger partial charge in [-0.15, -0.1) is 10.2 Å². The quantitative estimate of drug-likeness (QED) is 0.116. The number of benzene rings is 1. The van der Waals surface area contributed by atoms with E-state index in [4.69, 9.17) is 0 Å². The lowest BCUT2D eigenvalue weighted by molar-refractivity contribution is -0.137. The summed E-state index contributed by atoms with van der Waals surface area (Å²) in [5, 5.41) is 25.5. The number of halogens is 3. The topological polar surface area (TPSA) is 124 Å². The fraction of sp³-hybridized carbons (Fsp3) is 0.364. The van der Waals surface area contributed by atoms with Crippen LogP contribution in [0.1, 0.15) is 74.8 Å². The SMILES string of the molecule is CCCCCCCCN(c1ccc(N=Nc2c(C#N)c(C)nn2-c2ccc(C(F)(F)F)cn2)c(NC(C)=O)c1)c1ccc(C)cn1. The molecule has 0 atom stereocenters. The van der Waals surface area contributed by atoms with Crippen molar-refractivity contribution in [1.82, 2.24) is 19.7 Å². The first-order valence-electron chi connectivity index (χ1n) is 15.1. The largest absolute Gasteiger partial charge is 0.417 e. The molecule has 46 heavy (non-hydrogen) atoms. The van der Waals surface area contributed by atoms with Crippen LogP contribution in [-0.4, -0.2) is 32.2 Å². The number of nitrogens with one attached hydrogen (secondary N) is 1. The van der Waals surface area contributed by atoms with Gasteiger partial charge in [-0.25, -0.2) is 9.97 Å². The number of hydrogen-bond acceptors (Lipinski definition) is 8. The summed E-state index contributed by atoms with van der Waals surface area (Å²) >= 11 is 0. The summed E-state index contributed by atoms with van der Waals surface area (Å²) in [7, 11) is 0. The Morgan fingerprint density at radius 3 is 2.39 bits per heavy atom. The number of aryl methyl sites for hydroxylation is 2. The molecule has 0 unspecified atom stereocenters. The van der Waals surface area contributed by atoms with E-state index in [0.717, 1.165) is 53.1 Å². The third kappa shape index (κ3) is 8.53. The van der Waals surface area contributed by atoms with Crippen molar-refractivity contribution < 1.29 is 18.0 Å². The molecule has 13 heteroatoms. The maximum absolute atomic E-state index is 13.1. The Kier molecular flexibility index (Phi) is 11.2. The molecule has 0 radical (unpaired) electrons. The van der Waals surface area contributed by atoms with Crippen molar-refractivity contribution in [3.8, 4) is 11.9 Å². The molecule has 3 heterocycles. The molecule has 4 aromatic rings. The molecule has 10 nitrogen and oxygen atoms in total. The van der Waals surface area contributed by atoms with Crippen LogP contribution >= 0.6 is 0 Å². The minimum atomic E-state index is -4.56. The van der Waals surface area contributed by atoms with E-state index in [9.17, 15) is 23.2 Å². The molecule has 3 aromatic heterocycles. The van der Waals surface area contributed by atoms with Crippen molar-refractivity contribution in [2.24, 2.45) is 10.2 Å². The van der Waals surface area contributed by atoms with Crippen molar-refractivity contribution in [3.05, 3.63) is 77.2 Å². The van der Waals surface area contributed by atoms with Gasteiger partial charge < -0.3 is 10.2 Å². The lowest BCUT2D eigenvalue weighted by atomic mass is 10.1. The highest BCUT2D eigenvalue weighted by Crippen LogP contribution is 2.36. The van der Waals surface area contributed by atoms with Gasteiger partial charge in [-0.05, 0) is 62.2 Å². The zero-order chi connectivity index (χ0) is 33.3. The average Bonchev–Trinajstić information content (AvgIpc) is 3.34. The summed E-state index contributed by atoms with van der Waals surface area (Å²) in [6, 6.07) is 13.3. The third-order valence-electron chi connectivity index (χ3n) is 7.20. The van der Waals surface area contributed by atoms with Gasteiger partial charge in [0.25, 0.3) is 0 Å². The predicted molar refractivity (Wildman–Crippen MR) is 170 cm³/mol. The second kappa shape index (κ2) is 15.2. The molecule has 4 rings (SSSR count). The van der Waals surface area contributed by atoms with E-state index >= 15 is 0 Å². The lowest BCUT2D eigenvalue weighted by Crippen LogP contribution is -2.20. The van der Waals surface area contributed by atoms with Gasteiger partial charge in [-0.1, -0.05) is 45.1 Å². The monoisotopic (exact) mass is 631 g/mol. The molecule has 0 bridgehead atoms. The van der Waals surface area contributed by atoms with Crippen molar-refractivity contribution in [2.45, 2.75) is 72.4 Å². The van der Waals surface area contributed by atoms with Crippen molar-refractivity contribution >= 4 is 34.6 Å². The molecule has 1 N–H and O–H groups in total. The Balaban J connectivity index is 1.70. The number of nitrogens with zero attached hydrogens (tertiary/aromatic N) is 8. The Bertz CT molecular complexity index is 1710. The Hall–Kier alpha value is -5.12. The zero-order valence-corrected chi connectivity index (χ0v) is 26.3. The molecule has 0 aliphatic heterocycles. The summed E-state index contributed by atoms with van der Waals surface area (Å²) in [5.41, 5.74) is 1.96. The van der Waals surface area contributed by atoms with E-state index in [-0.39, 0.29) is 23.1 Å². The van der Waals surface area contributed by atoms with Crippen LogP contribution in [0.25, 0.3) is 5.82 Å². The summed E-state index contributed by atoms with van der Waals surface area (Å²) in [4.78, 5) is 22.8. The summed E-state index contributed by atoms with van der Waals surface area (Å²) in [6.45, 7) is 7.84. The molecule has 0 saturated carbocycles. The maximum Gasteiger partial charge on any atom is 0.417 e. The van der Waals surface area contributed by atoms with Gasteiger partial charge >= 0.3 is 6.18 Å². The van der Waals surface area contributed by atoms with Crippen LogP contribution in [0.4, 0.5) is 41.9 Å². The van der Waals surface area contributed by atoms with E-state index in [1.807, 2.05) is 37.4 Å². The van der Waals surface area contributed by atoms with E-state index in [0.29, 0.717) is 29.8 Å². The number of carbonyl (C=O) groups is 1. The fourth-order valence-corrected chi connectivity index (χ4v) is 4.79. The van der Waals surface area contributed by atoms with Crippen molar-refractivity contribution in [3.63, 3.8) is 0 Å². The number of aromatic nitrogens is 4. The fourth-order valence-electron chi connectivity index (χ4n) is 4.79. The molecule has 240 valence electrons. The molecule has 0 fully saturated rings.